The smallest absolute Gasteiger partial charge is 0.350 e. The molecule has 1 aliphatic heterocycles. The molecule has 8 nitrogen and oxygen atoms in total. The second-order valence-electron chi connectivity index (χ2n) is 3.95. The van der Waals surface area contributed by atoms with Crippen molar-refractivity contribution in [2.45, 2.75) is 23.3 Å². The molecule has 1 aliphatic rings. The number of aromatic amines is 1. The fourth-order valence-corrected chi connectivity index (χ4v) is 2.14. The Hall–Kier alpha value is -1.66. The molecule has 1 fully saturated rings. The first-order valence-corrected chi connectivity index (χ1v) is 5.60. The van der Waals surface area contributed by atoms with Gasteiger partial charge in [0.2, 0.25) is 0 Å². The third-order valence-corrected chi connectivity index (χ3v) is 3.37. The molecule has 0 amide bonds. The summed E-state index contributed by atoms with van der Waals surface area (Å²) in [5.74, 6) is 2.14. The molecule has 0 aliphatic carbocycles. The zero-order valence-electron chi connectivity index (χ0n) is 9.49. The average molecular weight is 288 g/mol. The Morgan fingerprint density at radius 2 is 2.37 bits per heavy atom. The average Bonchev–Trinajstić information content (AvgIpc) is 2.63. The highest BCUT2D eigenvalue weighted by molar-refractivity contribution is 6.27. The van der Waals surface area contributed by atoms with E-state index in [2.05, 4.69) is 10.9 Å². The van der Waals surface area contributed by atoms with Crippen LogP contribution in [0.1, 0.15) is 6.23 Å². The van der Waals surface area contributed by atoms with Crippen LogP contribution in [0.4, 0.5) is 0 Å². The lowest BCUT2D eigenvalue weighted by molar-refractivity contribution is -0.0468. The van der Waals surface area contributed by atoms with Crippen LogP contribution in [0.5, 0.6) is 0 Å². The number of hydrogen-bond donors (Lipinski definition) is 3. The van der Waals surface area contributed by atoms with Crippen LogP contribution in [0.2, 0.25) is 0 Å². The van der Waals surface area contributed by atoms with Crippen molar-refractivity contribution in [3.05, 3.63) is 27.3 Å². The van der Waals surface area contributed by atoms with Gasteiger partial charge in [-0.1, -0.05) is 17.5 Å². The van der Waals surface area contributed by atoms with E-state index in [0.29, 0.717) is 0 Å². The number of H-pyrrole nitrogens is 1. The van der Waals surface area contributed by atoms with Gasteiger partial charge in [-0.15, -0.1) is 6.42 Å². The van der Waals surface area contributed by atoms with Crippen LogP contribution < -0.4 is 11.4 Å². The third kappa shape index (κ3) is 2.06. The Balaban J connectivity index is 2.52. The lowest BCUT2D eigenvalue weighted by atomic mass is 10.00. The van der Waals surface area contributed by atoms with E-state index in [4.69, 9.17) is 27.9 Å². The van der Waals surface area contributed by atoms with Gasteiger partial charge in [-0.05, 0) is 0 Å². The van der Waals surface area contributed by atoms with Gasteiger partial charge in [0.1, 0.15) is 18.5 Å². The van der Waals surface area contributed by atoms with E-state index in [0.717, 1.165) is 10.9 Å². The molecule has 19 heavy (non-hydrogen) atoms. The minimum absolute atomic E-state index is 0.528. The number of aromatic nitrogens is 3. The number of alkyl halides is 1. The van der Waals surface area contributed by atoms with Crippen LogP contribution in [-0.4, -0.2) is 48.4 Å². The number of hydrogen-bond acceptors (Lipinski definition) is 6. The summed E-state index contributed by atoms with van der Waals surface area (Å²) in [6.07, 6.45) is 2.49. The summed E-state index contributed by atoms with van der Waals surface area (Å²) >= 11 is 6.09. The van der Waals surface area contributed by atoms with E-state index in [-0.39, 0.29) is 0 Å². The van der Waals surface area contributed by atoms with E-state index >= 15 is 0 Å². The van der Waals surface area contributed by atoms with Crippen molar-refractivity contribution in [3.8, 4) is 12.3 Å². The maximum absolute atomic E-state index is 11.6. The molecule has 0 aromatic carbocycles. The SMILES string of the molecule is C#C[C@@]1(Cl)C(O)[C@@H](CO)O[C@H]1n1cnc(=O)[nH]c1=O. The lowest BCUT2D eigenvalue weighted by Crippen LogP contribution is -2.44. The first kappa shape index (κ1) is 13.8. The molecule has 4 atom stereocenters. The minimum atomic E-state index is -1.75. The topological polar surface area (TPSA) is 117 Å². The van der Waals surface area contributed by atoms with E-state index < -0.39 is 41.3 Å². The molecule has 0 saturated carbocycles. The number of nitrogens with one attached hydrogen (secondary N) is 1. The summed E-state index contributed by atoms with van der Waals surface area (Å²) in [6, 6.07) is 0. The molecule has 0 bridgehead atoms. The summed E-state index contributed by atoms with van der Waals surface area (Å²) in [5, 5.41) is 19.0. The second-order valence-corrected chi connectivity index (χ2v) is 4.58. The molecule has 2 rings (SSSR count). The maximum Gasteiger partial charge on any atom is 0.350 e. The van der Waals surface area contributed by atoms with Gasteiger partial charge in [0.05, 0.1) is 6.61 Å². The molecule has 3 N–H and O–H groups in total. The number of nitrogens with zero attached hydrogens (tertiary/aromatic N) is 2. The largest absolute Gasteiger partial charge is 0.394 e. The van der Waals surface area contributed by atoms with Gasteiger partial charge >= 0.3 is 11.4 Å². The second kappa shape index (κ2) is 4.79. The molecular weight excluding hydrogens is 278 g/mol. The Morgan fingerprint density at radius 1 is 1.68 bits per heavy atom. The number of terminal acetylenes is 1. The highest BCUT2D eigenvalue weighted by atomic mass is 35.5. The Labute approximate surface area is 111 Å². The first-order valence-electron chi connectivity index (χ1n) is 5.22. The number of halogens is 1. The van der Waals surface area contributed by atoms with Crippen molar-refractivity contribution in [2.75, 3.05) is 6.61 Å². The van der Waals surface area contributed by atoms with E-state index in [1.165, 1.54) is 0 Å². The molecule has 2 heterocycles. The van der Waals surface area contributed by atoms with Crippen molar-refractivity contribution < 1.29 is 14.9 Å². The van der Waals surface area contributed by atoms with Gasteiger partial charge in [-0.2, -0.15) is 4.98 Å². The highest BCUT2D eigenvalue weighted by Crippen LogP contribution is 2.42. The standard InChI is InChI=1S/C10H10ClN3O5/c1-2-10(11)6(16)5(3-15)19-7(10)14-4-12-8(17)13-9(14)18/h1,4-7,15-16H,3H2,(H,13,17,18)/t5-,6?,7-,10-/m1/s1. The van der Waals surface area contributed by atoms with Crippen molar-refractivity contribution in [1.82, 2.24) is 14.5 Å². The van der Waals surface area contributed by atoms with Crippen LogP contribution in [0, 0.1) is 12.3 Å². The molecule has 0 radical (unpaired) electrons. The molecule has 102 valence electrons. The quantitative estimate of drug-likeness (QED) is 0.419. The molecule has 1 unspecified atom stereocenters. The van der Waals surface area contributed by atoms with E-state index in [1.54, 1.807) is 0 Å². The maximum atomic E-state index is 11.6. The van der Waals surface area contributed by atoms with Crippen LogP contribution in [0.3, 0.4) is 0 Å². The molecule has 9 heteroatoms. The van der Waals surface area contributed by atoms with Crippen LogP contribution in [0.15, 0.2) is 15.9 Å². The van der Waals surface area contributed by atoms with Gasteiger partial charge in [0.25, 0.3) is 0 Å². The van der Waals surface area contributed by atoms with Gasteiger partial charge in [0.15, 0.2) is 11.1 Å². The Bertz CT molecular complexity index is 635. The van der Waals surface area contributed by atoms with E-state index in [9.17, 15) is 14.7 Å². The molecule has 1 aromatic heterocycles. The van der Waals surface area contributed by atoms with Crippen molar-refractivity contribution in [3.63, 3.8) is 0 Å². The first-order chi connectivity index (χ1) is 8.93. The highest BCUT2D eigenvalue weighted by Gasteiger charge is 2.55. The number of rotatable bonds is 2. The molecule has 1 saturated heterocycles. The summed E-state index contributed by atoms with van der Waals surface area (Å²) in [4.78, 5) is 26.1. The lowest BCUT2D eigenvalue weighted by Gasteiger charge is -2.24. The number of aliphatic hydroxyl groups excluding tert-OH is 2. The summed E-state index contributed by atoms with van der Waals surface area (Å²) in [5.41, 5.74) is -1.67. The number of ether oxygens (including phenoxy) is 1. The third-order valence-electron chi connectivity index (χ3n) is 2.85. The van der Waals surface area contributed by atoms with E-state index in [1.807, 2.05) is 4.98 Å². The zero-order valence-corrected chi connectivity index (χ0v) is 10.2. The Kier molecular flexibility index (Phi) is 3.47. The van der Waals surface area contributed by atoms with Crippen molar-refractivity contribution >= 4 is 11.6 Å². The summed E-state index contributed by atoms with van der Waals surface area (Å²) in [7, 11) is 0. The predicted molar refractivity (Wildman–Crippen MR) is 63.5 cm³/mol. The van der Waals surface area contributed by atoms with Crippen molar-refractivity contribution in [2.24, 2.45) is 0 Å². The summed E-state index contributed by atoms with van der Waals surface area (Å²) < 4.78 is 6.12. The zero-order chi connectivity index (χ0) is 14.2. The normalized spacial score (nSPS) is 34.1. The fourth-order valence-electron chi connectivity index (χ4n) is 1.85. The van der Waals surface area contributed by atoms with Gasteiger partial charge < -0.3 is 14.9 Å². The molecular formula is C10H10ClN3O5. The van der Waals surface area contributed by atoms with Crippen LogP contribution in [-0.2, 0) is 4.74 Å². The van der Waals surface area contributed by atoms with Crippen LogP contribution >= 0.6 is 11.6 Å². The Morgan fingerprint density at radius 3 is 2.89 bits per heavy atom. The van der Waals surface area contributed by atoms with Gasteiger partial charge in [-0.3, -0.25) is 9.55 Å². The monoisotopic (exact) mass is 287 g/mol. The predicted octanol–water partition coefficient (Wildman–Crippen LogP) is -2.21. The molecule has 1 aromatic rings. The number of aliphatic hydroxyl groups is 2. The molecule has 0 spiro atoms. The van der Waals surface area contributed by atoms with Gasteiger partial charge in [0, 0.05) is 0 Å². The van der Waals surface area contributed by atoms with Gasteiger partial charge in [-0.25, -0.2) is 9.59 Å². The van der Waals surface area contributed by atoms with Crippen LogP contribution in [0.25, 0.3) is 0 Å². The minimum Gasteiger partial charge on any atom is -0.394 e. The summed E-state index contributed by atoms with van der Waals surface area (Å²) in [6.45, 7) is -0.528. The van der Waals surface area contributed by atoms with Crippen molar-refractivity contribution in [1.29, 1.82) is 0 Å². The fraction of sp³-hybridized carbons (Fsp3) is 0.500.